The van der Waals surface area contributed by atoms with E-state index in [4.69, 9.17) is 14.9 Å². The average Bonchev–Trinajstić information content (AvgIpc) is 2.74. The molecule has 0 fully saturated rings. The number of hydrogen-bond acceptors (Lipinski definition) is 3. The highest BCUT2D eigenvalue weighted by molar-refractivity contribution is 9.10. The summed E-state index contributed by atoms with van der Waals surface area (Å²) in [5.74, 6) is 1.14. The minimum Gasteiger partial charge on any atom is -0.493 e. The van der Waals surface area contributed by atoms with Crippen molar-refractivity contribution in [2.24, 2.45) is 5.92 Å². The van der Waals surface area contributed by atoms with Gasteiger partial charge in [0.25, 0.3) is 0 Å². The number of benzene rings is 2. The molecule has 0 spiro atoms. The second kappa shape index (κ2) is 15.8. The van der Waals surface area contributed by atoms with Crippen LogP contribution in [0.2, 0.25) is 0 Å². The molecule has 2 N–H and O–H groups in total. The van der Waals surface area contributed by atoms with E-state index in [2.05, 4.69) is 48.8 Å². The Morgan fingerprint density at radius 2 is 1.83 bits per heavy atom. The molecule has 0 aliphatic rings. The van der Waals surface area contributed by atoms with E-state index < -0.39 is 0 Å². The number of aliphatic hydroxyl groups is 2. The first kappa shape index (κ1) is 28.1. The minimum atomic E-state index is -0.340. The molecule has 0 aliphatic carbocycles. The maximum atomic E-state index is 12.6. The van der Waals surface area contributed by atoms with Crippen LogP contribution in [0.25, 0.3) is 5.57 Å². The molecule has 0 atom stereocenters. The quantitative estimate of drug-likeness (QED) is 0.452. The SMILES string of the molecule is C/C=C\C=C(/C)c1cc(Br)ccc1OCC(C)C.CO.Cc1ccc(F)c(CO)c1. The summed E-state index contributed by atoms with van der Waals surface area (Å²) in [6, 6.07) is 10.8. The van der Waals surface area contributed by atoms with Gasteiger partial charge in [-0.25, -0.2) is 4.39 Å². The Morgan fingerprint density at radius 1 is 1.17 bits per heavy atom. The summed E-state index contributed by atoms with van der Waals surface area (Å²) in [4.78, 5) is 0. The highest BCUT2D eigenvalue weighted by atomic mass is 79.9. The van der Waals surface area contributed by atoms with Gasteiger partial charge in [0.1, 0.15) is 11.6 Å². The zero-order valence-corrected chi connectivity index (χ0v) is 20.3. The zero-order valence-electron chi connectivity index (χ0n) is 18.7. The lowest BCUT2D eigenvalue weighted by molar-refractivity contribution is 0.270. The van der Waals surface area contributed by atoms with Gasteiger partial charge in [-0.05, 0) is 56.5 Å². The van der Waals surface area contributed by atoms with Crippen LogP contribution in [-0.2, 0) is 6.61 Å². The monoisotopic (exact) mass is 480 g/mol. The van der Waals surface area contributed by atoms with Crippen molar-refractivity contribution in [1.82, 2.24) is 0 Å². The van der Waals surface area contributed by atoms with Gasteiger partial charge in [-0.2, -0.15) is 0 Å². The average molecular weight is 481 g/mol. The summed E-state index contributed by atoms with van der Waals surface area (Å²) in [6.07, 6.45) is 6.17. The van der Waals surface area contributed by atoms with Gasteiger partial charge in [-0.15, -0.1) is 0 Å². The number of aryl methyl sites for hydroxylation is 1. The first-order valence-corrected chi connectivity index (χ1v) is 10.6. The molecule has 0 saturated carbocycles. The van der Waals surface area contributed by atoms with Gasteiger partial charge in [0.2, 0.25) is 0 Å². The molecule has 0 heterocycles. The molecule has 0 unspecified atom stereocenters. The van der Waals surface area contributed by atoms with Crippen molar-refractivity contribution in [2.45, 2.75) is 41.2 Å². The maximum absolute atomic E-state index is 12.6. The predicted molar refractivity (Wildman–Crippen MR) is 128 cm³/mol. The lowest BCUT2D eigenvalue weighted by Crippen LogP contribution is -2.05. The third-order valence-electron chi connectivity index (χ3n) is 3.85. The Morgan fingerprint density at radius 3 is 2.37 bits per heavy atom. The van der Waals surface area contributed by atoms with E-state index in [0.717, 1.165) is 35.1 Å². The standard InChI is InChI=1S/C16H21BrO.C8H9FO.CH4O/c1-5-6-7-13(4)15-10-14(17)8-9-16(15)18-11-12(2)3;1-6-2-3-8(9)7(4-6)5-10;1-2/h5-10,12H,11H2,1-4H3;2-4,10H,5H2,1H3;2H,1H3/b6-5-,13-7+;;. The Bertz CT molecular complexity index is 814. The number of aliphatic hydroxyl groups excluding tert-OH is 2. The first-order chi connectivity index (χ1) is 14.3. The van der Waals surface area contributed by atoms with Gasteiger partial charge in [-0.3, -0.25) is 0 Å². The maximum Gasteiger partial charge on any atom is 0.128 e. The van der Waals surface area contributed by atoms with Crippen LogP contribution < -0.4 is 4.74 Å². The van der Waals surface area contributed by atoms with Crippen molar-refractivity contribution in [1.29, 1.82) is 0 Å². The number of hydrogen-bond donors (Lipinski definition) is 2. The lowest BCUT2D eigenvalue weighted by atomic mass is 10.1. The van der Waals surface area contributed by atoms with Gasteiger partial charge in [0.15, 0.2) is 0 Å². The molecule has 5 heteroatoms. The van der Waals surface area contributed by atoms with Crippen LogP contribution in [0.1, 0.15) is 44.4 Å². The van der Waals surface area contributed by atoms with E-state index in [1.165, 1.54) is 11.6 Å². The van der Waals surface area contributed by atoms with Crippen molar-refractivity contribution in [2.75, 3.05) is 13.7 Å². The lowest BCUT2D eigenvalue weighted by Gasteiger charge is -2.14. The fourth-order valence-corrected chi connectivity index (χ4v) is 2.71. The molecule has 0 amide bonds. The van der Waals surface area contributed by atoms with E-state index in [1.54, 1.807) is 12.1 Å². The fraction of sp³-hybridized carbons (Fsp3) is 0.360. The van der Waals surface area contributed by atoms with Crippen molar-refractivity contribution in [3.05, 3.63) is 81.6 Å². The molecule has 2 rings (SSSR count). The van der Waals surface area contributed by atoms with E-state index >= 15 is 0 Å². The Balaban J connectivity index is 0.000000590. The van der Waals surface area contributed by atoms with Crippen LogP contribution in [0.3, 0.4) is 0 Å². The van der Waals surface area contributed by atoms with E-state index in [0.29, 0.717) is 11.5 Å². The molecule has 0 radical (unpaired) electrons. The summed E-state index contributed by atoms with van der Waals surface area (Å²) in [5, 5.41) is 15.6. The molecule has 3 nitrogen and oxygen atoms in total. The van der Waals surface area contributed by atoms with E-state index in [9.17, 15) is 4.39 Å². The minimum absolute atomic E-state index is 0.229. The smallest absolute Gasteiger partial charge is 0.128 e. The van der Waals surface area contributed by atoms with Crippen molar-refractivity contribution in [3.63, 3.8) is 0 Å². The summed E-state index contributed by atoms with van der Waals surface area (Å²) in [5.41, 5.74) is 3.67. The zero-order chi connectivity index (χ0) is 23.1. The molecule has 166 valence electrons. The third-order valence-corrected chi connectivity index (χ3v) is 4.34. The highest BCUT2D eigenvalue weighted by Gasteiger charge is 2.07. The second-order valence-corrected chi connectivity index (χ2v) is 7.89. The van der Waals surface area contributed by atoms with Crippen molar-refractivity contribution in [3.8, 4) is 5.75 Å². The second-order valence-electron chi connectivity index (χ2n) is 6.97. The number of ether oxygens (including phenoxy) is 1. The molecule has 0 aromatic heterocycles. The molecule has 2 aromatic carbocycles. The van der Waals surface area contributed by atoms with Crippen LogP contribution in [0.4, 0.5) is 4.39 Å². The molecular weight excluding hydrogens is 447 g/mol. The Kier molecular flexibility index (Phi) is 14.8. The van der Waals surface area contributed by atoms with Crippen LogP contribution in [0.15, 0.2) is 59.1 Å². The van der Waals surface area contributed by atoms with Gasteiger partial charge in [-0.1, -0.05) is 65.7 Å². The van der Waals surface area contributed by atoms with Crippen LogP contribution >= 0.6 is 15.9 Å². The first-order valence-electron chi connectivity index (χ1n) is 9.81. The number of rotatable bonds is 6. The molecule has 30 heavy (non-hydrogen) atoms. The molecule has 0 bridgehead atoms. The predicted octanol–water partition coefficient (Wildman–Crippen LogP) is 6.70. The van der Waals surface area contributed by atoms with Crippen LogP contribution in [0.5, 0.6) is 5.75 Å². The number of allylic oxidation sites excluding steroid dienone is 4. The van der Waals surface area contributed by atoms with Crippen molar-refractivity contribution >= 4 is 21.5 Å². The Hall–Kier alpha value is -1.95. The third kappa shape index (κ3) is 10.7. The van der Waals surface area contributed by atoms with Crippen LogP contribution in [0, 0.1) is 18.7 Å². The van der Waals surface area contributed by atoms with Gasteiger partial charge >= 0.3 is 0 Å². The fourth-order valence-electron chi connectivity index (χ4n) is 2.35. The van der Waals surface area contributed by atoms with E-state index in [1.807, 2.05) is 38.1 Å². The van der Waals surface area contributed by atoms with Gasteiger partial charge < -0.3 is 14.9 Å². The topological polar surface area (TPSA) is 49.7 Å². The molecule has 2 aromatic rings. The van der Waals surface area contributed by atoms with E-state index in [-0.39, 0.29) is 12.4 Å². The Labute approximate surface area is 189 Å². The summed E-state index contributed by atoms with van der Waals surface area (Å²) < 4.78 is 19.6. The molecular formula is C25H34BrFO3. The summed E-state index contributed by atoms with van der Waals surface area (Å²) in [7, 11) is 1.00. The molecule has 0 aliphatic heterocycles. The number of halogens is 2. The highest BCUT2D eigenvalue weighted by Crippen LogP contribution is 2.29. The van der Waals surface area contributed by atoms with Gasteiger partial charge in [0.05, 0.1) is 13.2 Å². The molecule has 0 saturated heterocycles. The van der Waals surface area contributed by atoms with Crippen molar-refractivity contribution < 1.29 is 19.3 Å². The van der Waals surface area contributed by atoms with Crippen LogP contribution in [-0.4, -0.2) is 23.9 Å². The normalized spacial score (nSPS) is 11.0. The summed E-state index contributed by atoms with van der Waals surface area (Å²) in [6.45, 7) is 10.8. The summed E-state index contributed by atoms with van der Waals surface area (Å²) >= 11 is 3.51. The van der Waals surface area contributed by atoms with Gasteiger partial charge in [0, 0.05) is 22.7 Å². The largest absolute Gasteiger partial charge is 0.493 e.